The molecule has 0 aliphatic carbocycles. The van der Waals surface area contributed by atoms with Gasteiger partial charge in [-0.2, -0.15) is 0 Å². The monoisotopic (exact) mass is 331 g/mol. The third kappa shape index (κ3) is 3.94. The second-order valence-corrected chi connectivity index (χ2v) is 6.30. The molecular weight excluding hydrogens is 310 g/mol. The molecule has 1 nitrogen and oxygen atoms in total. The summed E-state index contributed by atoms with van der Waals surface area (Å²) < 4.78 is 1.09. The van der Waals surface area contributed by atoms with Crippen LogP contribution in [0.2, 0.25) is 0 Å². The third-order valence-electron chi connectivity index (χ3n) is 3.58. The van der Waals surface area contributed by atoms with Crippen LogP contribution < -0.4 is 5.73 Å². The molecule has 0 aromatic heterocycles. The molecule has 1 atom stereocenters. The zero-order valence-corrected chi connectivity index (χ0v) is 13.8. The van der Waals surface area contributed by atoms with Crippen molar-refractivity contribution in [3.63, 3.8) is 0 Å². The van der Waals surface area contributed by atoms with Crippen molar-refractivity contribution in [2.75, 3.05) is 0 Å². The number of aryl methyl sites for hydroxylation is 2. The van der Waals surface area contributed by atoms with E-state index in [-0.39, 0.29) is 6.04 Å². The molecule has 0 spiro atoms. The normalized spacial score (nSPS) is 12.4. The SMILES string of the molecule is CCCCc1ccc(C(N)c2cc(C)cc(Br)c2)cc1. The first-order valence-electron chi connectivity index (χ1n) is 7.21. The minimum absolute atomic E-state index is 0.0635. The Balaban J connectivity index is 2.17. The molecule has 2 heteroatoms. The Morgan fingerprint density at radius 2 is 1.75 bits per heavy atom. The number of hydrogen-bond donors (Lipinski definition) is 1. The van der Waals surface area contributed by atoms with Gasteiger partial charge in [0.1, 0.15) is 0 Å². The van der Waals surface area contributed by atoms with Crippen LogP contribution in [0.15, 0.2) is 46.9 Å². The Hall–Kier alpha value is -1.12. The van der Waals surface area contributed by atoms with Crippen LogP contribution in [0, 0.1) is 6.92 Å². The van der Waals surface area contributed by atoms with E-state index in [1.807, 2.05) is 0 Å². The van der Waals surface area contributed by atoms with E-state index in [4.69, 9.17) is 5.73 Å². The van der Waals surface area contributed by atoms with Crippen LogP contribution in [0.5, 0.6) is 0 Å². The average Bonchev–Trinajstić information content (AvgIpc) is 2.44. The van der Waals surface area contributed by atoms with Crippen LogP contribution in [0.1, 0.15) is 48.1 Å². The topological polar surface area (TPSA) is 26.0 Å². The van der Waals surface area contributed by atoms with Crippen LogP contribution in [-0.2, 0) is 6.42 Å². The number of nitrogens with two attached hydrogens (primary N) is 1. The summed E-state index contributed by atoms with van der Waals surface area (Å²) in [5, 5.41) is 0. The van der Waals surface area contributed by atoms with Gasteiger partial charge in [-0.1, -0.05) is 59.6 Å². The minimum atomic E-state index is -0.0635. The van der Waals surface area contributed by atoms with Gasteiger partial charge < -0.3 is 5.73 Å². The first-order valence-corrected chi connectivity index (χ1v) is 8.01. The van der Waals surface area contributed by atoms with Gasteiger partial charge in [-0.3, -0.25) is 0 Å². The standard InChI is InChI=1S/C18H22BrN/c1-3-4-5-14-6-8-15(9-7-14)18(20)16-10-13(2)11-17(19)12-16/h6-12,18H,3-5,20H2,1-2H3. The lowest BCUT2D eigenvalue weighted by atomic mass is 9.96. The molecule has 2 N–H and O–H groups in total. The first kappa shape index (κ1) is 15.3. The predicted octanol–water partition coefficient (Wildman–Crippen LogP) is 5.15. The third-order valence-corrected chi connectivity index (χ3v) is 4.04. The fourth-order valence-electron chi connectivity index (χ4n) is 2.41. The van der Waals surface area contributed by atoms with Gasteiger partial charge in [0, 0.05) is 4.47 Å². The van der Waals surface area contributed by atoms with Gasteiger partial charge in [0.05, 0.1) is 6.04 Å². The maximum Gasteiger partial charge on any atom is 0.0552 e. The lowest BCUT2D eigenvalue weighted by Gasteiger charge is -2.14. The van der Waals surface area contributed by atoms with Gasteiger partial charge in [0.15, 0.2) is 0 Å². The molecule has 0 aliphatic rings. The van der Waals surface area contributed by atoms with Crippen molar-refractivity contribution in [1.29, 1.82) is 0 Å². The molecule has 0 saturated heterocycles. The van der Waals surface area contributed by atoms with Gasteiger partial charge in [0.2, 0.25) is 0 Å². The molecule has 0 heterocycles. The number of halogens is 1. The second kappa shape index (κ2) is 7.05. The second-order valence-electron chi connectivity index (χ2n) is 5.38. The molecule has 0 aliphatic heterocycles. The van der Waals surface area contributed by atoms with E-state index in [0.29, 0.717) is 0 Å². The number of hydrogen-bond acceptors (Lipinski definition) is 1. The van der Waals surface area contributed by atoms with E-state index in [9.17, 15) is 0 Å². The molecule has 0 saturated carbocycles. The summed E-state index contributed by atoms with van der Waals surface area (Å²) in [6, 6.07) is 15.0. The molecule has 106 valence electrons. The van der Waals surface area contributed by atoms with Crippen molar-refractivity contribution < 1.29 is 0 Å². The van der Waals surface area contributed by atoms with Gasteiger partial charge in [-0.15, -0.1) is 0 Å². The van der Waals surface area contributed by atoms with Crippen molar-refractivity contribution >= 4 is 15.9 Å². The number of unbranched alkanes of at least 4 members (excludes halogenated alkanes) is 1. The maximum atomic E-state index is 6.38. The molecule has 1 unspecified atom stereocenters. The lowest BCUT2D eigenvalue weighted by Crippen LogP contribution is -2.12. The molecule has 0 bridgehead atoms. The van der Waals surface area contributed by atoms with Crippen molar-refractivity contribution in [3.05, 3.63) is 69.2 Å². The van der Waals surface area contributed by atoms with Crippen molar-refractivity contribution in [2.45, 2.75) is 39.2 Å². The van der Waals surface area contributed by atoms with Crippen LogP contribution in [0.25, 0.3) is 0 Å². The highest BCUT2D eigenvalue weighted by Crippen LogP contribution is 2.24. The Morgan fingerprint density at radius 3 is 2.35 bits per heavy atom. The van der Waals surface area contributed by atoms with E-state index in [2.05, 4.69) is 72.2 Å². The zero-order valence-electron chi connectivity index (χ0n) is 12.2. The van der Waals surface area contributed by atoms with Crippen LogP contribution in [-0.4, -0.2) is 0 Å². The number of rotatable bonds is 5. The van der Waals surface area contributed by atoms with E-state index in [1.54, 1.807) is 0 Å². The van der Waals surface area contributed by atoms with Gasteiger partial charge in [-0.25, -0.2) is 0 Å². The van der Waals surface area contributed by atoms with Gasteiger partial charge >= 0.3 is 0 Å². The maximum absolute atomic E-state index is 6.38. The quantitative estimate of drug-likeness (QED) is 0.805. The fraction of sp³-hybridized carbons (Fsp3) is 0.333. The molecule has 0 amide bonds. The first-order chi connectivity index (χ1) is 9.60. The molecule has 2 aromatic rings. The van der Waals surface area contributed by atoms with Crippen molar-refractivity contribution in [3.8, 4) is 0 Å². The van der Waals surface area contributed by atoms with Crippen molar-refractivity contribution in [2.24, 2.45) is 5.73 Å². The summed E-state index contributed by atoms with van der Waals surface area (Å²) in [5.41, 5.74) is 11.3. The van der Waals surface area contributed by atoms with Gasteiger partial charge in [0.25, 0.3) is 0 Å². The van der Waals surface area contributed by atoms with Crippen molar-refractivity contribution in [1.82, 2.24) is 0 Å². The van der Waals surface area contributed by atoms with E-state index < -0.39 is 0 Å². The minimum Gasteiger partial charge on any atom is -0.320 e. The Kier molecular flexibility index (Phi) is 5.38. The number of benzene rings is 2. The largest absolute Gasteiger partial charge is 0.320 e. The molecule has 0 fully saturated rings. The Bertz CT molecular complexity index is 540. The zero-order chi connectivity index (χ0) is 14.5. The summed E-state index contributed by atoms with van der Waals surface area (Å²) >= 11 is 3.54. The van der Waals surface area contributed by atoms with E-state index >= 15 is 0 Å². The lowest BCUT2D eigenvalue weighted by molar-refractivity contribution is 0.793. The highest BCUT2D eigenvalue weighted by molar-refractivity contribution is 9.10. The summed E-state index contributed by atoms with van der Waals surface area (Å²) in [4.78, 5) is 0. The highest BCUT2D eigenvalue weighted by Gasteiger charge is 2.10. The molecule has 0 radical (unpaired) electrons. The predicted molar refractivity (Wildman–Crippen MR) is 90.0 cm³/mol. The molecule has 20 heavy (non-hydrogen) atoms. The summed E-state index contributed by atoms with van der Waals surface area (Å²) in [5.74, 6) is 0. The summed E-state index contributed by atoms with van der Waals surface area (Å²) in [7, 11) is 0. The summed E-state index contributed by atoms with van der Waals surface area (Å²) in [6.07, 6.45) is 3.64. The smallest absolute Gasteiger partial charge is 0.0552 e. The van der Waals surface area contributed by atoms with Crippen LogP contribution in [0.3, 0.4) is 0 Å². The Labute approximate surface area is 130 Å². The van der Waals surface area contributed by atoms with Gasteiger partial charge in [-0.05, 0) is 54.2 Å². The molecule has 2 aromatic carbocycles. The van der Waals surface area contributed by atoms with Crippen LogP contribution >= 0.6 is 15.9 Å². The summed E-state index contributed by atoms with van der Waals surface area (Å²) in [6.45, 7) is 4.31. The average molecular weight is 332 g/mol. The van der Waals surface area contributed by atoms with E-state index in [0.717, 1.165) is 16.5 Å². The molecule has 2 rings (SSSR count). The highest BCUT2D eigenvalue weighted by atomic mass is 79.9. The fourth-order valence-corrected chi connectivity index (χ4v) is 3.03. The molecular formula is C18H22BrN. The van der Waals surface area contributed by atoms with Crippen LogP contribution in [0.4, 0.5) is 0 Å². The van der Waals surface area contributed by atoms with E-state index in [1.165, 1.54) is 29.5 Å². The Morgan fingerprint density at radius 1 is 1.05 bits per heavy atom.